The van der Waals surface area contributed by atoms with Crippen molar-refractivity contribution in [1.82, 2.24) is 0 Å². The summed E-state index contributed by atoms with van der Waals surface area (Å²) in [5.74, 6) is 0.646. The number of amides is 1. The zero-order chi connectivity index (χ0) is 17.9. The summed E-state index contributed by atoms with van der Waals surface area (Å²) in [6, 6.07) is 7.01. The first kappa shape index (κ1) is 17.6. The van der Waals surface area contributed by atoms with Crippen LogP contribution in [0.15, 0.2) is 28.7 Å². The van der Waals surface area contributed by atoms with Gasteiger partial charge in [-0.15, -0.1) is 0 Å². The van der Waals surface area contributed by atoms with E-state index in [2.05, 4.69) is 5.32 Å². The van der Waals surface area contributed by atoms with Crippen molar-refractivity contribution in [1.29, 1.82) is 0 Å². The Labute approximate surface area is 140 Å². The molecule has 1 aromatic carbocycles. The van der Waals surface area contributed by atoms with Gasteiger partial charge in [-0.2, -0.15) is 0 Å². The summed E-state index contributed by atoms with van der Waals surface area (Å²) >= 11 is 0. The summed E-state index contributed by atoms with van der Waals surface area (Å²) in [4.78, 5) is 24.6. The number of methoxy groups -OCH3 is 1. The van der Waals surface area contributed by atoms with E-state index < -0.39 is 18.0 Å². The number of carbonyl (C=O) groups excluding carboxylic acids is 2. The van der Waals surface area contributed by atoms with Crippen LogP contribution >= 0.6 is 0 Å². The van der Waals surface area contributed by atoms with E-state index in [0.29, 0.717) is 28.5 Å². The molecule has 24 heavy (non-hydrogen) atoms. The molecule has 1 N–H and O–H groups in total. The number of rotatable bonds is 5. The zero-order valence-corrected chi connectivity index (χ0v) is 14.4. The van der Waals surface area contributed by atoms with Crippen LogP contribution in [0.5, 0.6) is 5.75 Å². The van der Waals surface area contributed by atoms with E-state index in [1.54, 1.807) is 45.0 Å². The summed E-state index contributed by atoms with van der Waals surface area (Å²) in [6.07, 6.45) is -0.962. The second-order valence-corrected chi connectivity index (χ2v) is 5.45. The molecule has 0 unspecified atom stereocenters. The minimum absolute atomic E-state index is 0.365. The molecule has 0 aliphatic rings. The van der Waals surface area contributed by atoms with Crippen LogP contribution in [0.25, 0.3) is 0 Å². The second kappa shape index (κ2) is 7.21. The van der Waals surface area contributed by atoms with E-state index >= 15 is 0 Å². The molecule has 1 atom stereocenters. The standard InChI is InChI=1S/C18H21NO5/c1-10-11(2)23-12(3)16(10)18(21)24-13(4)17(20)19-14-8-6-7-9-15(14)22-5/h6-9,13H,1-5H3,(H,19,20)/t13-/m0/s1. The average Bonchev–Trinajstić information content (AvgIpc) is 2.80. The molecule has 6 heteroatoms. The van der Waals surface area contributed by atoms with Gasteiger partial charge in [0.15, 0.2) is 6.10 Å². The normalized spacial score (nSPS) is 11.7. The van der Waals surface area contributed by atoms with Crippen molar-refractivity contribution < 1.29 is 23.5 Å². The SMILES string of the molecule is COc1ccccc1NC(=O)[C@H](C)OC(=O)c1c(C)oc(C)c1C. The third-order valence-electron chi connectivity index (χ3n) is 3.78. The second-order valence-electron chi connectivity index (χ2n) is 5.45. The largest absolute Gasteiger partial charge is 0.495 e. The molecule has 128 valence electrons. The lowest BCUT2D eigenvalue weighted by atomic mass is 10.1. The molecule has 0 bridgehead atoms. The van der Waals surface area contributed by atoms with Gasteiger partial charge in [-0.25, -0.2) is 4.79 Å². The fourth-order valence-corrected chi connectivity index (χ4v) is 2.35. The van der Waals surface area contributed by atoms with Crippen LogP contribution in [-0.4, -0.2) is 25.1 Å². The number of hydrogen-bond acceptors (Lipinski definition) is 5. The Morgan fingerprint density at radius 3 is 2.38 bits per heavy atom. The topological polar surface area (TPSA) is 77.8 Å². The van der Waals surface area contributed by atoms with Crippen molar-refractivity contribution in [3.8, 4) is 5.75 Å². The third kappa shape index (κ3) is 3.59. The predicted octanol–water partition coefficient (Wildman–Crippen LogP) is 3.40. The summed E-state index contributed by atoms with van der Waals surface area (Å²) in [7, 11) is 1.52. The average molecular weight is 331 g/mol. The zero-order valence-electron chi connectivity index (χ0n) is 14.4. The van der Waals surface area contributed by atoms with Gasteiger partial charge in [0.1, 0.15) is 22.8 Å². The monoisotopic (exact) mass is 331 g/mol. The number of carbonyl (C=O) groups is 2. The highest BCUT2D eigenvalue weighted by Crippen LogP contribution is 2.24. The summed E-state index contributed by atoms with van der Waals surface area (Å²) in [5.41, 5.74) is 1.60. The Hall–Kier alpha value is -2.76. The van der Waals surface area contributed by atoms with E-state index in [0.717, 1.165) is 5.56 Å². The van der Waals surface area contributed by atoms with Crippen LogP contribution in [0.2, 0.25) is 0 Å². The van der Waals surface area contributed by atoms with Crippen LogP contribution in [-0.2, 0) is 9.53 Å². The number of anilines is 1. The van der Waals surface area contributed by atoms with Crippen LogP contribution in [0, 0.1) is 20.8 Å². The predicted molar refractivity (Wildman–Crippen MR) is 89.4 cm³/mol. The number of nitrogens with one attached hydrogen (secondary N) is 1. The molecule has 0 aliphatic carbocycles. The molecule has 0 spiro atoms. The molecule has 1 heterocycles. The van der Waals surface area contributed by atoms with Gasteiger partial charge in [0.05, 0.1) is 12.8 Å². The highest BCUT2D eigenvalue weighted by molar-refractivity contribution is 5.99. The van der Waals surface area contributed by atoms with E-state index in [-0.39, 0.29) is 0 Å². The highest BCUT2D eigenvalue weighted by Gasteiger charge is 2.25. The molecular formula is C18H21NO5. The van der Waals surface area contributed by atoms with Crippen molar-refractivity contribution in [2.75, 3.05) is 12.4 Å². The third-order valence-corrected chi connectivity index (χ3v) is 3.78. The Bertz CT molecular complexity index is 763. The Kier molecular flexibility index (Phi) is 5.28. The van der Waals surface area contributed by atoms with Gasteiger partial charge in [-0.05, 0) is 39.8 Å². The Morgan fingerprint density at radius 2 is 1.79 bits per heavy atom. The van der Waals surface area contributed by atoms with Crippen molar-refractivity contribution in [3.63, 3.8) is 0 Å². The molecule has 0 fully saturated rings. The molecule has 1 amide bonds. The summed E-state index contributed by atoms with van der Waals surface area (Å²) < 4.78 is 15.9. The van der Waals surface area contributed by atoms with Crippen molar-refractivity contribution in [2.24, 2.45) is 0 Å². The van der Waals surface area contributed by atoms with Crippen LogP contribution in [0.4, 0.5) is 5.69 Å². The Balaban J connectivity index is 2.07. The fraction of sp³-hybridized carbons (Fsp3) is 0.333. The van der Waals surface area contributed by atoms with Gasteiger partial charge < -0.3 is 19.2 Å². The lowest BCUT2D eigenvalue weighted by Gasteiger charge is -2.15. The maximum atomic E-state index is 12.3. The van der Waals surface area contributed by atoms with Gasteiger partial charge in [0.2, 0.25) is 0 Å². The summed E-state index contributed by atoms with van der Waals surface area (Å²) in [5, 5.41) is 2.69. The number of benzene rings is 1. The van der Waals surface area contributed by atoms with E-state index in [1.165, 1.54) is 14.0 Å². The minimum Gasteiger partial charge on any atom is -0.495 e. The van der Waals surface area contributed by atoms with Crippen LogP contribution in [0.1, 0.15) is 34.4 Å². The molecule has 6 nitrogen and oxygen atoms in total. The van der Waals surface area contributed by atoms with Crippen LogP contribution < -0.4 is 10.1 Å². The number of furan rings is 1. The number of hydrogen-bond donors (Lipinski definition) is 1. The van der Waals surface area contributed by atoms with Gasteiger partial charge in [-0.3, -0.25) is 4.79 Å². The lowest BCUT2D eigenvalue weighted by Crippen LogP contribution is -2.30. The van der Waals surface area contributed by atoms with Crippen molar-refractivity contribution in [3.05, 3.63) is 46.9 Å². The fourth-order valence-electron chi connectivity index (χ4n) is 2.35. The van der Waals surface area contributed by atoms with Crippen molar-refractivity contribution in [2.45, 2.75) is 33.8 Å². The molecule has 0 radical (unpaired) electrons. The highest BCUT2D eigenvalue weighted by atomic mass is 16.5. The summed E-state index contributed by atoms with van der Waals surface area (Å²) in [6.45, 7) is 6.76. The number of ether oxygens (including phenoxy) is 2. The smallest absolute Gasteiger partial charge is 0.342 e. The minimum atomic E-state index is -0.962. The number of esters is 1. The first-order valence-corrected chi connectivity index (χ1v) is 7.56. The first-order valence-electron chi connectivity index (χ1n) is 7.56. The van der Waals surface area contributed by atoms with Gasteiger partial charge in [0, 0.05) is 5.56 Å². The van der Waals surface area contributed by atoms with E-state index in [1.807, 2.05) is 0 Å². The molecule has 2 aromatic rings. The van der Waals surface area contributed by atoms with Crippen molar-refractivity contribution >= 4 is 17.6 Å². The Morgan fingerprint density at radius 1 is 1.12 bits per heavy atom. The molecule has 0 aliphatic heterocycles. The first-order chi connectivity index (χ1) is 11.3. The van der Waals surface area contributed by atoms with E-state index in [4.69, 9.17) is 13.9 Å². The lowest BCUT2D eigenvalue weighted by molar-refractivity contribution is -0.123. The van der Waals surface area contributed by atoms with E-state index in [9.17, 15) is 9.59 Å². The number of aryl methyl sites for hydroxylation is 2. The molecule has 0 saturated heterocycles. The molecule has 0 saturated carbocycles. The van der Waals surface area contributed by atoms with Gasteiger partial charge in [-0.1, -0.05) is 12.1 Å². The molecule has 2 rings (SSSR count). The maximum absolute atomic E-state index is 12.3. The van der Waals surface area contributed by atoms with Crippen LogP contribution in [0.3, 0.4) is 0 Å². The molecular weight excluding hydrogens is 310 g/mol. The quantitative estimate of drug-likeness (QED) is 0.850. The van der Waals surface area contributed by atoms with Gasteiger partial charge >= 0.3 is 5.97 Å². The van der Waals surface area contributed by atoms with Gasteiger partial charge in [0.25, 0.3) is 5.91 Å². The molecule has 1 aromatic heterocycles. The number of para-hydroxylation sites is 2. The maximum Gasteiger partial charge on any atom is 0.342 e.